The van der Waals surface area contributed by atoms with Crippen LogP contribution in [0.15, 0.2) is 40.8 Å². The third-order valence-electron chi connectivity index (χ3n) is 4.37. The minimum Gasteiger partial charge on any atom is -0.441 e. The Kier molecular flexibility index (Phi) is 6.09. The Hall–Kier alpha value is -3.01. The van der Waals surface area contributed by atoms with Gasteiger partial charge < -0.3 is 19.2 Å². The molecule has 26 heavy (non-hydrogen) atoms. The van der Waals surface area contributed by atoms with Crippen molar-refractivity contribution in [2.75, 3.05) is 24.5 Å². The largest absolute Gasteiger partial charge is 0.441 e. The predicted octanol–water partition coefficient (Wildman–Crippen LogP) is 2.58. The molecule has 0 radical (unpaired) electrons. The first-order chi connectivity index (χ1) is 12.8. The van der Waals surface area contributed by atoms with Gasteiger partial charge in [-0.3, -0.25) is 4.79 Å². The monoisotopic (exact) mass is 353 g/mol. The van der Waals surface area contributed by atoms with Crippen molar-refractivity contribution < 1.29 is 9.21 Å². The predicted molar refractivity (Wildman–Crippen MR) is 98.2 cm³/mol. The molecule has 3 heterocycles. The van der Waals surface area contributed by atoms with Gasteiger partial charge in [0.25, 0.3) is 5.91 Å². The van der Waals surface area contributed by atoms with Crippen molar-refractivity contribution in [1.29, 1.82) is 5.26 Å². The molecule has 2 aromatic heterocycles. The minimum absolute atomic E-state index is 0.0483. The average molecular weight is 353 g/mol. The van der Waals surface area contributed by atoms with Crippen LogP contribution in [0.1, 0.15) is 31.4 Å². The number of nitrogens with zero attached hydrogens (tertiary/aromatic N) is 4. The van der Waals surface area contributed by atoms with E-state index in [1.165, 1.54) is 12.5 Å². The Morgan fingerprint density at radius 3 is 2.92 bits per heavy atom. The number of carbonyl (C=O) groups is 1. The van der Waals surface area contributed by atoms with Crippen LogP contribution in [0.5, 0.6) is 0 Å². The number of amides is 1. The van der Waals surface area contributed by atoms with E-state index < -0.39 is 0 Å². The highest BCUT2D eigenvalue weighted by Gasteiger charge is 2.15. The summed E-state index contributed by atoms with van der Waals surface area (Å²) in [4.78, 5) is 18.3. The number of aryl methyl sites for hydroxylation is 1. The summed E-state index contributed by atoms with van der Waals surface area (Å²) in [5, 5.41) is 12.0. The molecule has 7 heteroatoms. The van der Waals surface area contributed by atoms with Crippen LogP contribution in [0.25, 0.3) is 6.08 Å². The summed E-state index contributed by atoms with van der Waals surface area (Å²) in [7, 11) is 0. The third kappa shape index (κ3) is 4.76. The molecule has 1 aliphatic heterocycles. The summed E-state index contributed by atoms with van der Waals surface area (Å²) in [5.41, 5.74) is 0.0483. The maximum atomic E-state index is 12.2. The van der Waals surface area contributed by atoms with E-state index in [1.807, 2.05) is 22.9 Å². The quantitative estimate of drug-likeness (QED) is 0.470. The zero-order chi connectivity index (χ0) is 18.2. The minimum atomic E-state index is -0.381. The molecule has 1 saturated heterocycles. The summed E-state index contributed by atoms with van der Waals surface area (Å²) in [6.07, 6.45) is 11.2. The number of carbonyl (C=O) groups excluding carboxylic acids is 1. The van der Waals surface area contributed by atoms with E-state index in [0.717, 1.165) is 44.8 Å². The molecule has 0 unspecified atom stereocenters. The lowest BCUT2D eigenvalue weighted by Gasteiger charge is -2.25. The first-order valence-corrected chi connectivity index (χ1v) is 8.97. The number of piperidine rings is 1. The van der Waals surface area contributed by atoms with Gasteiger partial charge in [0.15, 0.2) is 5.88 Å². The zero-order valence-corrected chi connectivity index (χ0v) is 14.7. The van der Waals surface area contributed by atoms with E-state index in [-0.39, 0.29) is 11.5 Å². The smallest absolute Gasteiger partial charge is 0.262 e. The van der Waals surface area contributed by atoms with Crippen molar-refractivity contribution in [2.45, 2.75) is 32.2 Å². The third-order valence-corrected chi connectivity index (χ3v) is 4.37. The van der Waals surface area contributed by atoms with Gasteiger partial charge in [0.1, 0.15) is 17.4 Å². The fourth-order valence-electron chi connectivity index (χ4n) is 2.97. The molecule has 7 nitrogen and oxygen atoms in total. The van der Waals surface area contributed by atoms with Gasteiger partial charge in [0.05, 0.1) is 6.33 Å². The number of nitriles is 1. The van der Waals surface area contributed by atoms with Gasteiger partial charge >= 0.3 is 0 Å². The normalized spacial score (nSPS) is 14.9. The SMILES string of the molecule is N#CC(=Cc1ccc(N2CCCCC2)o1)C(=O)NCCCn1ccnc1. The zero-order valence-electron chi connectivity index (χ0n) is 14.7. The molecule has 1 N–H and O–H groups in total. The molecule has 0 aromatic carbocycles. The summed E-state index contributed by atoms with van der Waals surface area (Å²) in [6, 6.07) is 5.65. The molecule has 0 saturated carbocycles. The lowest BCUT2D eigenvalue weighted by Crippen LogP contribution is -2.28. The van der Waals surface area contributed by atoms with E-state index in [2.05, 4.69) is 15.2 Å². The molecule has 1 amide bonds. The number of imidazole rings is 1. The number of nitrogens with one attached hydrogen (secondary N) is 1. The molecule has 1 fully saturated rings. The van der Waals surface area contributed by atoms with Crippen molar-refractivity contribution in [3.63, 3.8) is 0 Å². The van der Waals surface area contributed by atoms with E-state index in [0.29, 0.717) is 12.3 Å². The summed E-state index contributed by atoms with van der Waals surface area (Å²) in [5.74, 6) is 0.943. The number of anilines is 1. The van der Waals surface area contributed by atoms with Crippen molar-refractivity contribution >= 4 is 17.9 Å². The van der Waals surface area contributed by atoms with E-state index in [4.69, 9.17) is 4.42 Å². The maximum absolute atomic E-state index is 12.2. The molecule has 2 aromatic rings. The summed E-state index contributed by atoms with van der Waals surface area (Å²) >= 11 is 0. The van der Waals surface area contributed by atoms with Crippen LogP contribution in [0.4, 0.5) is 5.88 Å². The molecule has 0 spiro atoms. The molecule has 0 aliphatic carbocycles. The summed E-state index contributed by atoms with van der Waals surface area (Å²) in [6.45, 7) is 3.23. The number of hydrogen-bond donors (Lipinski definition) is 1. The van der Waals surface area contributed by atoms with Gasteiger partial charge in [-0.15, -0.1) is 0 Å². The summed E-state index contributed by atoms with van der Waals surface area (Å²) < 4.78 is 7.73. The maximum Gasteiger partial charge on any atom is 0.262 e. The first kappa shape index (κ1) is 17.8. The van der Waals surface area contributed by atoms with Gasteiger partial charge in [-0.25, -0.2) is 4.98 Å². The van der Waals surface area contributed by atoms with Crippen LogP contribution < -0.4 is 10.2 Å². The Bertz CT molecular complexity index is 779. The van der Waals surface area contributed by atoms with E-state index in [9.17, 15) is 10.1 Å². The number of hydrogen-bond acceptors (Lipinski definition) is 5. The van der Waals surface area contributed by atoms with E-state index >= 15 is 0 Å². The van der Waals surface area contributed by atoms with Crippen molar-refractivity contribution in [1.82, 2.24) is 14.9 Å². The number of aromatic nitrogens is 2. The fraction of sp³-hybridized carbons (Fsp3) is 0.421. The molecular formula is C19H23N5O2. The Morgan fingerprint density at radius 2 is 2.19 bits per heavy atom. The van der Waals surface area contributed by atoms with E-state index in [1.54, 1.807) is 18.6 Å². The second-order valence-corrected chi connectivity index (χ2v) is 6.30. The van der Waals surface area contributed by atoms with Crippen LogP contribution in [0.2, 0.25) is 0 Å². The molecule has 3 rings (SSSR count). The van der Waals surface area contributed by atoms with Crippen LogP contribution in [-0.2, 0) is 11.3 Å². The van der Waals surface area contributed by atoms with Gasteiger partial charge in [-0.05, 0) is 31.7 Å². The lowest BCUT2D eigenvalue weighted by atomic mass is 10.1. The molecule has 0 atom stereocenters. The van der Waals surface area contributed by atoms with Crippen LogP contribution in [-0.4, -0.2) is 35.1 Å². The standard InChI is InChI=1S/C19H23N5O2/c20-14-16(19(25)22-7-4-9-23-12-8-21-15-23)13-17-5-6-18(26-17)24-10-2-1-3-11-24/h5-6,8,12-13,15H,1-4,7,9-11H2,(H,22,25). The topological polar surface area (TPSA) is 87.1 Å². The van der Waals surface area contributed by atoms with Crippen molar-refractivity contribution in [2.24, 2.45) is 0 Å². The molecular weight excluding hydrogens is 330 g/mol. The number of furan rings is 1. The molecule has 136 valence electrons. The van der Waals surface area contributed by atoms with Gasteiger partial charge in [0, 0.05) is 50.7 Å². The van der Waals surface area contributed by atoms with Crippen molar-refractivity contribution in [3.05, 3.63) is 42.2 Å². The highest BCUT2D eigenvalue weighted by atomic mass is 16.4. The van der Waals surface area contributed by atoms with Crippen LogP contribution in [0, 0.1) is 11.3 Å². The highest BCUT2D eigenvalue weighted by molar-refractivity contribution is 6.01. The highest BCUT2D eigenvalue weighted by Crippen LogP contribution is 2.23. The lowest BCUT2D eigenvalue weighted by molar-refractivity contribution is -0.117. The van der Waals surface area contributed by atoms with Crippen LogP contribution in [0.3, 0.4) is 0 Å². The average Bonchev–Trinajstić information content (AvgIpc) is 3.36. The second kappa shape index (κ2) is 8.90. The molecule has 1 aliphatic rings. The van der Waals surface area contributed by atoms with Gasteiger partial charge in [0.2, 0.25) is 0 Å². The Balaban J connectivity index is 1.52. The van der Waals surface area contributed by atoms with Crippen molar-refractivity contribution in [3.8, 4) is 6.07 Å². The van der Waals surface area contributed by atoms with Gasteiger partial charge in [-0.1, -0.05) is 0 Å². The van der Waals surface area contributed by atoms with Gasteiger partial charge in [-0.2, -0.15) is 5.26 Å². The first-order valence-electron chi connectivity index (χ1n) is 8.97. The molecule has 0 bridgehead atoms. The number of rotatable bonds is 7. The Morgan fingerprint density at radius 1 is 1.35 bits per heavy atom. The Labute approximate surface area is 152 Å². The fourth-order valence-corrected chi connectivity index (χ4v) is 2.97. The van der Waals surface area contributed by atoms with Crippen LogP contribution >= 0.6 is 0 Å². The second-order valence-electron chi connectivity index (χ2n) is 6.30.